The first-order valence-corrected chi connectivity index (χ1v) is 10.2. The fraction of sp³-hybridized carbons (Fsp3) is 0.833. The van der Waals surface area contributed by atoms with Gasteiger partial charge in [-0.15, -0.1) is 0 Å². The smallest absolute Gasteiger partial charge is 0.243 e. The van der Waals surface area contributed by atoms with Gasteiger partial charge in [0.05, 0.1) is 52.2 Å². The van der Waals surface area contributed by atoms with Crippen molar-refractivity contribution in [3.63, 3.8) is 0 Å². The van der Waals surface area contributed by atoms with E-state index in [4.69, 9.17) is 25.5 Å². The van der Waals surface area contributed by atoms with E-state index in [-0.39, 0.29) is 25.5 Å². The van der Waals surface area contributed by atoms with Gasteiger partial charge < -0.3 is 35.3 Å². The Bertz CT molecular complexity index is 627. The molecule has 0 aromatic carbocycles. The zero-order chi connectivity index (χ0) is 23.1. The van der Waals surface area contributed by atoms with E-state index in [2.05, 4.69) is 15.3 Å². The number of nitrogens with two attached hydrogens (primary N) is 1. The van der Waals surface area contributed by atoms with Crippen molar-refractivity contribution in [2.75, 3.05) is 52.7 Å². The second kappa shape index (κ2) is 15.4. The van der Waals surface area contributed by atoms with Crippen LogP contribution in [0, 0.1) is 0 Å². The summed E-state index contributed by atoms with van der Waals surface area (Å²) in [5, 5.41) is 15.3. The normalized spacial score (nSPS) is 17.6. The molecule has 1 saturated heterocycles. The Hall–Kier alpha value is -2.44. The van der Waals surface area contributed by atoms with Crippen LogP contribution in [0.25, 0.3) is 10.4 Å². The van der Waals surface area contributed by atoms with Gasteiger partial charge in [-0.1, -0.05) is 5.11 Å². The summed E-state index contributed by atoms with van der Waals surface area (Å²) in [5.74, 6) is -1.57. The first-order valence-electron chi connectivity index (χ1n) is 10.2. The molecule has 0 aliphatic carbocycles. The van der Waals surface area contributed by atoms with Crippen LogP contribution in [0.15, 0.2) is 5.11 Å². The van der Waals surface area contributed by atoms with Gasteiger partial charge in [0.15, 0.2) is 0 Å². The van der Waals surface area contributed by atoms with Crippen LogP contribution in [-0.2, 0) is 28.6 Å². The summed E-state index contributed by atoms with van der Waals surface area (Å²) in [6.07, 6.45) is 0.121. The number of primary amides is 1. The minimum absolute atomic E-state index is 0.113. The fourth-order valence-corrected chi connectivity index (χ4v) is 3.01. The third-order valence-electron chi connectivity index (χ3n) is 4.57. The molecule has 13 heteroatoms. The van der Waals surface area contributed by atoms with Crippen LogP contribution in [0.5, 0.6) is 0 Å². The zero-order valence-electron chi connectivity index (χ0n) is 17.8. The summed E-state index contributed by atoms with van der Waals surface area (Å²) in [6, 6.07) is -1.90. The lowest BCUT2D eigenvalue weighted by atomic mass is 10.1. The first-order chi connectivity index (χ1) is 14.9. The maximum atomic E-state index is 12.5. The number of amides is 3. The summed E-state index contributed by atoms with van der Waals surface area (Å²) < 4.78 is 15.9. The molecule has 176 valence electrons. The summed E-state index contributed by atoms with van der Waals surface area (Å²) in [5.41, 5.74) is 13.3. The Morgan fingerprint density at radius 2 is 1.81 bits per heavy atom. The molecule has 1 rings (SSSR count). The number of hydrogen-bond acceptors (Lipinski definition) is 8. The molecule has 31 heavy (non-hydrogen) atoms. The van der Waals surface area contributed by atoms with Crippen LogP contribution in [-0.4, -0.2) is 98.6 Å². The molecular formula is C18H32N6O7. The number of aliphatic hydroxyl groups excluding tert-OH is 1. The van der Waals surface area contributed by atoms with Crippen LogP contribution >= 0.6 is 0 Å². The average Bonchev–Trinajstić information content (AvgIpc) is 3.22. The van der Waals surface area contributed by atoms with Crippen LogP contribution in [0.4, 0.5) is 0 Å². The SMILES string of the molecule is C[C@@H](O)[C@H](NC(=O)[C@@H]1CCCN1C(=O)CCOCCOCCOCCN=[N+]=[N-])C(N)=O. The van der Waals surface area contributed by atoms with Crippen LogP contribution in [0.3, 0.4) is 0 Å². The number of likely N-dealkylation sites (tertiary alicyclic amines) is 1. The molecule has 0 aromatic rings. The van der Waals surface area contributed by atoms with E-state index in [0.717, 1.165) is 0 Å². The number of carbonyl (C=O) groups excluding carboxylic acids is 3. The van der Waals surface area contributed by atoms with Gasteiger partial charge >= 0.3 is 0 Å². The Kier molecular flexibility index (Phi) is 13.2. The minimum atomic E-state index is -1.20. The summed E-state index contributed by atoms with van der Waals surface area (Å²) in [6.45, 7) is 4.01. The Morgan fingerprint density at radius 1 is 1.19 bits per heavy atom. The van der Waals surface area contributed by atoms with E-state index >= 15 is 0 Å². The van der Waals surface area contributed by atoms with Gasteiger partial charge in [0.25, 0.3) is 0 Å². The number of aliphatic hydroxyl groups is 1. The molecule has 0 aromatic heterocycles. The highest BCUT2D eigenvalue weighted by Crippen LogP contribution is 2.19. The predicted octanol–water partition coefficient (Wildman–Crippen LogP) is -0.921. The van der Waals surface area contributed by atoms with Crippen molar-refractivity contribution in [2.45, 2.75) is 44.4 Å². The monoisotopic (exact) mass is 444 g/mol. The molecule has 0 spiro atoms. The van der Waals surface area contributed by atoms with Gasteiger partial charge in [-0.25, -0.2) is 0 Å². The van der Waals surface area contributed by atoms with E-state index in [1.807, 2.05) is 0 Å². The van der Waals surface area contributed by atoms with Crippen LogP contribution in [0.2, 0.25) is 0 Å². The largest absolute Gasteiger partial charge is 0.391 e. The summed E-state index contributed by atoms with van der Waals surface area (Å²) in [4.78, 5) is 40.3. The van der Waals surface area contributed by atoms with Crippen LogP contribution in [0.1, 0.15) is 26.2 Å². The fourth-order valence-electron chi connectivity index (χ4n) is 3.01. The standard InChI is InChI=1S/C18H32N6O7/c1-13(25)16(17(19)27)22-18(28)14-3-2-6-24(14)15(26)4-7-29-9-11-31-12-10-30-8-5-21-23-20/h13-14,16,25H,2-12H2,1H3,(H2,19,27)(H,22,28)/t13-,14+,16+/m1/s1. The first kappa shape index (κ1) is 26.6. The molecule has 0 radical (unpaired) electrons. The zero-order valence-corrected chi connectivity index (χ0v) is 17.8. The van der Waals surface area contributed by atoms with Crippen molar-refractivity contribution in [3.8, 4) is 0 Å². The van der Waals surface area contributed by atoms with Crippen molar-refractivity contribution in [3.05, 3.63) is 10.4 Å². The van der Waals surface area contributed by atoms with Crippen molar-refractivity contribution in [1.82, 2.24) is 10.2 Å². The minimum Gasteiger partial charge on any atom is -0.391 e. The lowest BCUT2D eigenvalue weighted by Gasteiger charge is -2.26. The highest BCUT2D eigenvalue weighted by Gasteiger charge is 2.36. The highest BCUT2D eigenvalue weighted by atomic mass is 16.5. The number of ether oxygens (including phenoxy) is 3. The molecule has 1 fully saturated rings. The number of hydrogen-bond donors (Lipinski definition) is 3. The van der Waals surface area contributed by atoms with Crippen molar-refractivity contribution < 1.29 is 33.7 Å². The number of nitrogens with one attached hydrogen (secondary N) is 1. The van der Waals surface area contributed by atoms with Gasteiger partial charge in [0, 0.05) is 18.0 Å². The Morgan fingerprint density at radius 3 is 2.39 bits per heavy atom. The number of azide groups is 1. The second-order valence-electron chi connectivity index (χ2n) is 6.92. The maximum Gasteiger partial charge on any atom is 0.243 e. The van der Waals surface area contributed by atoms with Gasteiger partial charge in [-0.3, -0.25) is 14.4 Å². The topological polar surface area (TPSA) is 189 Å². The third kappa shape index (κ3) is 10.4. The predicted molar refractivity (Wildman–Crippen MR) is 109 cm³/mol. The molecule has 0 saturated carbocycles. The summed E-state index contributed by atoms with van der Waals surface area (Å²) in [7, 11) is 0. The molecule has 0 unspecified atom stereocenters. The summed E-state index contributed by atoms with van der Waals surface area (Å²) >= 11 is 0. The molecule has 3 amide bonds. The van der Waals surface area contributed by atoms with Crippen LogP contribution < -0.4 is 11.1 Å². The van der Waals surface area contributed by atoms with E-state index in [1.165, 1.54) is 11.8 Å². The molecule has 1 aliphatic heterocycles. The Balaban J connectivity index is 2.21. The third-order valence-corrected chi connectivity index (χ3v) is 4.57. The van der Waals surface area contributed by atoms with Crippen molar-refractivity contribution >= 4 is 17.7 Å². The van der Waals surface area contributed by atoms with Gasteiger partial charge in [0.1, 0.15) is 12.1 Å². The van der Waals surface area contributed by atoms with Gasteiger partial charge in [0.2, 0.25) is 17.7 Å². The second-order valence-corrected chi connectivity index (χ2v) is 6.92. The molecule has 0 bridgehead atoms. The van der Waals surface area contributed by atoms with Crippen molar-refractivity contribution in [2.24, 2.45) is 10.8 Å². The van der Waals surface area contributed by atoms with E-state index in [0.29, 0.717) is 52.4 Å². The lowest BCUT2D eigenvalue weighted by Crippen LogP contribution is -2.55. The van der Waals surface area contributed by atoms with Crippen molar-refractivity contribution in [1.29, 1.82) is 0 Å². The van der Waals surface area contributed by atoms with E-state index in [1.54, 1.807) is 0 Å². The average molecular weight is 444 g/mol. The number of rotatable bonds is 16. The highest BCUT2D eigenvalue weighted by molar-refractivity contribution is 5.92. The molecule has 1 heterocycles. The maximum absolute atomic E-state index is 12.5. The van der Waals surface area contributed by atoms with E-state index in [9.17, 15) is 19.5 Å². The quantitative estimate of drug-likeness (QED) is 0.119. The van der Waals surface area contributed by atoms with Gasteiger partial charge in [-0.2, -0.15) is 0 Å². The van der Waals surface area contributed by atoms with E-state index < -0.39 is 30.0 Å². The number of carbonyl (C=O) groups is 3. The lowest BCUT2D eigenvalue weighted by molar-refractivity contribution is -0.140. The van der Waals surface area contributed by atoms with Gasteiger partial charge in [-0.05, 0) is 25.3 Å². The number of nitrogens with zero attached hydrogens (tertiary/aromatic N) is 4. The molecule has 13 nitrogen and oxygen atoms in total. The molecule has 3 atom stereocenters. The molecular weight excluding hydrogens is 412 g/mol. The molecule has 4 N–H and O–H groups in total. The molecule has 1 aliphatic rings. The Labute approximate surface area is 180 Å².